The van der Waals surface area contributed by atoms with Crippen molar-refractivity contribution < 1.29 is 4.79 Å². The van der Waals surface area contributed by atoms with E-state index < -0.39 is 0 Å². The predicted molar refractivity (Wildman–Crippen MR) is 104 cm³/mol. The van der Waals surface area contributed by atoms with Gasteiger partial charge in [0, 0.05) is 42.4 Å². The van der Waals surface area contributed by atoms with E-state index in [1.807, 2.05) is 18.2 Å². The molecule has 1 amide bonds. The topological polar surface area (TPSA) is 92.1 Å². The van der Waals surface area contributed by atoms with Crippen LogP contribution in [0.1, 0.15) is 41.6 Å². The van der Waals surface area contributed by atoms with E-state index in [0.29, 0.717) is 6.54 Å². The highest BCUT2D eigenvalue weighted by molar-refractivity contribution is 6.03. The highest BCUT2D eigenvalue weighted by atomic mass is 16.1. The number of carbonyl (C=O) groups is 1. The number of nitrogens with one attached hydrogen (secondary N) is 3. The Kier molecular flexibility index (Phi) is 4.75. The van der Waals surface area contributed by atoms with Crippen molar-refractivity contribution >= 4 is 23.0 Å². The summed E-state index contributed by atoms with van der Waals surface area (Å²) in [5.74, 6) is -0.0243. The maximum atomic E-state index is 12.4. The van der Waals surface area contributed by atoms with Crippen LogP contribution in [0.2, 0.25) is 0 Å². The number of amides is 1. The van der Waals surface area contributed by atoms with Crippen molar-refractivity contribution in [3.05, 3.63) is 47.8 Å². The van der Waals surface area contributed by atoms with E-state index in [-0.39, 0.29) is 18.0 Å². The summed E-state index contributed by atoms with van der Waals surface area (Å²) < 4.78 is 0. The number of carbonyl (C=O) groups excluding carboxylic acids is 1. The van der Waals surface area contributed by atoms with Gasteiger partial charge in [-0.25, -0.2) is 0 Å². The van der Waals surface area contributed by atoms with Crippen molar-refractivity contribution in [3.8, 4) is 0 Å². The second-order valence-electron chi connectivity index (χ2n) is 7.12. The zero-order chi connectivity index (χ0) is 17.9. The maximum absolute atomic E-state index is 12.4. The molecule has 2 aromatic rings. The zero-order valence-corrected chi connectivity index (χ0v) is 14.8. The first kappa shape index (κ1) is 16.8. The molecule has 26 heavy (non-hydrogen) atoms. The van der Waals surface area contributed by atoms with E-state index in [2.05, 4.69) is 27.0 Å². The van der Waals surface area contributed by atoms with Gasteiger partial charge in [-0.15, -0.1) is 0 Å². The van der Waals surface area contributed by atoms with Gasteiger partial charge < -0.3 is 21.7 Å². The van der Waals surface area contributed by atoms with Crippen LogP contribution in [-0.2, 0) is 6.42 Å². The molecule has 0 unspecified atom stereocenters. The van der Waals surface area contributed by atoms with Crippen LogP contribution in [0.25, 0.3) is 0 Å². The van der Waals surface area contributed by atoms with Gasteiger partial charge in [-0.1, -0.05) is 12.8 Å². The molecule has 0 bridgehead atoms. The second-order valence-corrected chi connectivity index (χ2v) is 7.12. The zero-order valence-electron chi connectivity index (χ0n) is 14.8. The average molecular weight is 351 g/mol. The van der Waals surface area contributed by atoms with Crippen LogP contribution in [0, 0.1) is 0 Å². The Bertz CT molecular complexity index is 792. The molecular weight excluding hydrogens is 326 g/mol. The summed E-state index contributed by atoms with van der Waals surface area (Å²) in [6.07, 6.45) is 8.87. The third kappa shape index (κ3) is 3.51. The molecule has 1 aromatic heterocycles. The Morgan fingerprint density at radius 2 is 1.92 bits per heavy atom. The lowest BCUT2D eigenvalue weighted by atomic mass is 9.90. The summed E-state index contributed by atoms with van der Waals surface area (Å²) in [5, 5.41) is 9.93. The number of hydrogen-bond acceptors (Lipinski definition) is 5. The van der Waals surface area contributed by atoms with Crippen molar-refractivity contribution in [1.82, 2.24) is 10.3 Å². The lowest BCUT2D eigenvalue weighted by Crippen LogP contribution is -2.42. The molecule has 2 heterocycles. The highest BCUT2D eigenvalue weighted by Gasteiger charge is 2.25. The van der Waals surface area contributed by atoms with Crippen LogP contribution in [0.5, 0.6) is 0 Å². The molecule has 0 radical (unpaired) electrons. The van der Waals surface area contributed by atoms with Gasteiger partial charge in [-0.3, -0.25) is 9.78 Å². The normalized spacial score (nSPS) is 22.3. The fourth-order valence-electron chi connectivity index (χ4n) is 3.89. The standard InChI is InChI=1S/C20H25N5O/c21-16-3-1-2-4-17(16)25-15-11-13-5-10-23-20(26)19(13)18(12-15)24-14-6-8-22-9-7-14/h6-9,11-12,16-17,25H,1-5,10,21H2,(H,22,24)(H,23,26)/t16-,17+/m0/s1. The lowest BCUT2D eigenvalue weighted by molar-refractivity contribution is 0.0947. The van der Waals surface area contributed by atoms with Gasteiger partial charge in [-0.05, 0) is 49.1 Å². The molecule has 1 aliphatic carbocycles. The number of hydrogen-bond donors (Lipinski definition) is 4. The Labute approximate surface area is 153 Å². The van der Waals surface area contributed by atoms with E-state index in [0.717, 1.165) is 47.5 Å². The van der Waals surface area contributed by atoms with Crippen LogP contribution in [-0.4, -0.2) is 29.5 Å². The predicted octanol–water partition coefficient (Wildman–Crippen LogP) is 2.79. The number of aromatic nitrogens is 1. The summed E-state index contributed by atoms with van der Waals surface area (Å²) in [4.78, 5) is 16.5. The third-order valence-corrected chi connectivity index (χ3v) is 5.26. The average Bonchev–Trinajstić information content (AvgIpc) is 2.64. The Morgan fingerprint density at radius 3 is 2.73 bits per heavy atom. The van der Waals surface area contributed by atoms with Crippen LogP contribution in [0.15, 0.2) is 36.7 Å². The Morgan fingerprint density at radius 1 is 1.12 bits per heavy atom. The van der Waals surface area contributed by atoms with E-state index in [1.165, 1.54) is 12.8 Å². The van der Waals surface area contributed by atoms with Crippen molar-refractivity contribution in [3.63, 3.8) is 0 Å². The van der Waals surface area contributed by atoms with Gasteiger partial charge in [0.2, 0.25) is 0 Å². The second kappa shape index (κ2) is 7.33. The van der Waals surface area contributed by atoms with Gasteiger partial charge in [0.1, 0.15) is 0 Å². The summed E-state index contributed by atoms with van der Waals surface area (Å²) in [6, 6.07) is 8.38. The number of benzene rings is 1. The quantitative estimate of drug-likeness (QED) is 0.680. The van der Waals surface area contributed by atoms with Crippen molar-refractivity contribution in [2.45, 2.75) is 44.2 Å². The van der Waals surface area contributed by atoms with Gasteiger partial charge in [0.05, 0.1) is 11.3 Å². The van der Waals surface area contributed by atoms with Crippen LogP contribution >= 0.6 is 0 Å². The highest BCUT2D eigenvalue weighted by Crippen LogP contribution is 2.31. The number of rotatable bonds is 4. The van der Waals surface area contributed by atoms with Gasteiger partial charge in [0.25, 0.3) is 5.91 Å². The number of nitrogens with zero attached hydrogens (tertiary/aromatic N) is 1. The minimum atomic E-state index is -0.0243. The molecule has 136 valence electrons. The van der Waals surface area contributed by atoms with Crippen molar-refractivity contribution in [2.24, 2.45) is 5.73 Å². The molecule has 1 saturated carbocycles. The summed E-state index contributed by atoms with van der Waals surface area (Å²) in [7, 11) is 0. The number of fused-ring (bicyclic) bond motifs is 1. The smallest absolute Gasteiger partial charge is 0.253 e. The van der Waals surface area contributed by atoms with Gasteiger partial charge in [0.15, 0.2) is 0 Å². The largest absolute Gasteiger partial charge is 0.381 e. The van der Waals surface area contributed by atoms with E-state index in [4.69, 9.17) is 5.73 Å². The molecule has 6 nitrogen and oxygen atoms in total. The van der Waals surface area contributed by atoms with Crippen molar-refractivity contribution in [1.29, 1.82) is 0 Å². The molecule has 1 aromatic carbocycles. The molecule has 4 rings (SSSR count). The fourth-order valence-corrected chi connectivity index (χ4v) is 3.89. The fraction of sp³-hybridized carbons (Fsp3) is 0.400. The summed E-state index contributed by atoms with van der Waals surface area (Å²) in [6.45, 7) is 0.674. The lowest BCUT2D eigenvalue weighted by Gasteiger charge is -2.31. The minimum absolute atomic E-state index is 0.0243. The molecule has 2 aliphatic rings. The molecule has 5 N–H and O–H groups in total. The molecule has 6 heteroatoms. The van der Waals surface area contributed by atoms with Crippen LogP contribution in [0.4, 0.5) is 17.1 Å². The monoisotopic (exact) mass is 351 g/mol. The van der Waals surface area contributed by atoms with Gasteiger partial charge >= 0.3 is 0 Å². The van der Waals surface area contributed by atoms with E-state index >= 15 is 0 Å². The summed E-state index contributed by atoms with van der Waals surface area (Å²) >= 11 is 0. The molecule has 0 spiro atoms. The van der Waals surface area contributed by atoms with Crippen molar-refractivity contribution in [2.75, 3.05) is 17.2 Å². The SMILES string of the molecule is N[C@H]1CCCC[C@H]1Nc1cc2c(c(Nc3ccncc3)c1)C(=O)NCC2. The summed E-state index contributed by atoms with van der Waals surface area (Å²) in [5.41, 5.74) is 10.8. The minimum Gasteiger partial charge on any atom is -0.381 e. The van der Waals surface area contributed by atoms with Crippen LogP contribution in [0.3, 0.4) is 0 Å². The Balaban J connectivity index is 1.67. The molecular formula is C20H25N5O. The molecule has 2 atom stereocenters. The number of pyridine rings is 1. The maximum Gasteiger partial charge on any atom is 0.253 e. The van der Waals surface area contributed by atoms with E-state index in [1.54, 1.807) is 12.4 Å². The molecule has 1 fully saturated rings. The first-order chi connectivity index (χ1) is 12.7. The third-order valence-electron chi connectivity index (χ3n) is 5.26. The molecule has 1 aliphatic heterocycles. The Hall–Kier alpha value is -2.60. The first-order valence-electron chi connectivity index (χ1n) is 9.35. The first-order valence-corrected chi connectivity index (χ1v) is 9.35. The number of anilines is 3. The van der Waals surface area contributed by atoms with Gasteiger partial charge in [-0.2, -0.15) is 0 Å². The van der Waals surface area contributed by atoms with Crippen LogP contribution < -0.4 is 21.7 Å². The molecule has 0 saturated heterocycles. The number of nitrogens with two attached hydrogens (primary N) is 1. The van der Waals surface area contributed by atoms with E-state index in [9.17, 15) is 4.79 Å².